The summed E-state index contributed by atoms with van der Waals surface area (Å²) in [6.45, 7) is 6.48. The van der Waals surface area contributed by atoms with Crippen LogP contribution in [0.2, 0.25) is 0 Å². The van der Waals surface area contributed by atoms with E-state index in [9.17, 15) is 0 Å². The topological polar surface area (TPSA) is 0 Å². The van der Waals surface area contributed by atoms with Crippen LogP contribution in [-0.4, -0.2) is 11.0 Å². The van der Waals surface area contributed by atoms with Crippen molar-refractivity contribution in [1.29, 1.82) is 0 Å². The molecule has 0 aromatic heterocycles. The second-order valence-electron chi connectivity index (χ2n) is 7.66. The van der Waals surface area contributed by atoms with Crippen molar-refractivity contribution in [3.8, 4) is 0 Å². The van der Waals surface area contributed by atoms with Gasteiger partial charge in [0.05, 0.1) is 6.54 Å². The minimum Gasteiger partial charge on any atom is -0.312 e. The summed E-state index contributed by atoms with van der Waals surface area (Å²) in [6.07, 6.45) is 6.87. The summed E-state index contributed by atoms with van der Waals surface area (Å²) in [6, 6.07) is 32.9. The largest absolute Gasteiger partial charge is 0.312 e. The molecule has 28 heavy (non-hydrogen) atoms. The van der Waals surface area contributed by atoms with Gasteiger partial charge >= 0.3 is 0 Å². The Labute approximate surface area is 170 Å². The van der Waals surface area contributed by atoms with Crippen LogP contribution in [0.5, 0.6) is 0 Å². The molecule has 0 saturated heterocycles. The Morgan fingerprint density at radius 3 is 1.32 bits per heavy atom. The van der Waals surface area contributed by atoms with E-state index in [1.54, 1.807) is 0 Å². The average molecular weight is 371 g/mol. The molecule has 0 radical (unpaired) electrons. The fourth-order valence-electron chi connectivity index (χ4n) is 3.95. The molecule has 0 atom stereocenters. The SMILES string of the molecule is CC/C=C/CC[N+](Cc1ccccc1)(Cc1ccccc1)Cc1ccccc1. The molecule has 1 heteroatoms. The Balaban J connectivity index is 1.93. The van der Waals surface area contributed by atoms with E-state index in [2.05, 4.69) is 110 Å². The highest BCUT2D eigenvalue weighted by atomic mass is 15.3. The minimum absolute atomic E-state index is 1.03. The van der Waals surface area contributed by atoms with Gasteiger partial charge in [0.25, 0.3) is 0 Å². The molecule has 0 aliphatic carbocycles. The van der Waals surface area contributed by atoms with Gasteiger partial charge in [0, 0.05) is 23.1 Å². The standard InChI is InChI=1S/C27H32N/c1-2-3-4-14-21-28(22-25-15-8-5-9-16-25,23-26-17-10-6-11-18-26)24-27-19-12-7-13-20-27/h3-13,15-20H,2,14,21-24H2,1H3/q+1/b4-3+. The summed E-state index contributed by atoms with van der Waals surface area (Å²) in [4.78, 5) is 0. The van der Waals surface area contributed by atoms with Crippen LogP contribution < -0.4 is 0 Å². The second-order valence-corrected chi connectivity index (χ2v) is 7.66. The molecule has 3 aromatic rings. The molecule has 0 saturated carbocycles. The predicted octanol–water partition coefficient (Wildman–Crippen LogP) is 6.76. The fraction of sp³-hybridized carbons (Fsp3) is 0.259. The zero-order valence-electron chi connectivity index (χ0n) is 17.0. The van der Waals surface area contributed by atoms with E-state index >= 15 is 0 Å². The smallest absolute Gasteiger partial charge is 0.105 e. The van der Waals surface area contributed by atoms with Crippen molar-refractivity contribution in [1.82, 2.24) is 0 Å². The molecule has 0 amide bonds. The van der Waals surface area contributed by atoms with Crippen LogP contribution >= 0.6 is 0 Å². The predicted molar refractivity (Wildman–Crippen MR) is 120 cm³/mol. The summed E-state index contributed by atoms with van der Waals surface area (Å²) >= 11 is 0. The van der Waals surface area contributed by atoms with Gasteiger partial charge in [-0.15, -0.1) is 0 Å². The van der Waals surface area contributed by atoms with Crippen LogP contribution in [0, 0.1) is 0 Å². The fourth-order valence-corrected chi connectivity index (χ4v) is 3.95. The lowest BCUT2D eigenvalue weighted by Crippen LogP contribution is -2.46. The summed E-state index contributed by atoms with van der Waals surface area (Å²) < 4.78 is 1.03. The summed E-state index contributed by atoms with van der Waals surface area (Å²) in [7, 11) is 0. The van der Waals surface area contributed by atoms with E-state index in [-0.39, 0.29) is 0 Å². The normalized spacial score (nSPS) is 11.8. The number of allylic oxidation sites excluding steroid dienone is 1. The van der Waals surface area contributed by atoms with E-state index in [1.165, 1.54) is 16.7 Å². The Kier molecular flexibility index (Phi) is 7.63. The summed E-state index contributed by atoms with van der Waals surface area (Å²) in [5.74, 6) is 0. The van der Waals surface area contributed by atoms with Gasteiger partial charge in [0.2, 0.25) is 0 Å². The van der Waals surface area contributed by atoms with Crippen molar-refractivity contribution < 1.29 is 4.48 Å². The molecule has 0 fully saturated rings. The number of hydrogen-bond donors (Lipinski definition) is 0. The van der Waals surface area contributed by atoms with Gasteiger partial charge in [-0.05, 0) is 6.42 Å². The van der Waals surface area contributed by atoms with E-state index in [0.29, 0.717) is 0 Å². The van der Waals surface area contributed by atoms with Crippen molar-refractivity contribution in [2.24, 2.45) is 0 Å². The highest BCUT2D eigenvalue weighted by molar-refractivity contribution is 5.17. The first-order valence-corrected chi connectivity index (χ1v) is 10.4. The minimum atomic E-state index is 1.03. The maximum atomic E-state index is 2.36. The number of hydrogen-bond acceptors (Lipinski definition) is 0. The van der Waals surface area contributed by atoms with Crippen LogP contribution in [0.1, 0.15) is 36.5 Å². The molecule has 3 rings (SSSR count). The van der Waals surface area contributed by atoms with Gasteiger partial charge in [0.15, 0.2) is 0 Å². The van der Waals surface area contributed by atoms with Gasteiger partial charge in [-0.25, -0.2) is 0 Å². The van der Waals surface area contributed by atoms with Crippen molar-refractivity contribution >= 4 is 0 Å². The molecule has 3 aromatic carbocycles. The Morgan fingerprint density at radius 1 is 0.571 bits per heavy atom. The van der Waals surface area contributed by atoms with Crippen molar-refractivity contribution in [2.45, 2.75) is 39.4 Å². The third kappa shape index (κ3) is 6.21. The monoisotopic (exact) mass is 370 g/mol. The first kappa shape index (κ1) is 20.1. The van der Waals surface area contributed by atoms with Crippen LogP contribution in [0.4, 0.5) is 0 Å². The number of rotatable bonds is 10. The second kappa shape index (κ2) is 10.6. The van der Waals surface area contributed by atoms with E-state index in [4.69, 9.17) is 0 Å². The highest BCUT2D eigenvalue weighted by Crippen LogP contribution is 2.25. The maximum Gasteiger partial charge on any atom is 0.105 e. The molecule has 1 nitrogen and oxygen atoms in total. The molecular formula is C27H32N+. The van der Waals surface area contributed by atoms with E-state index in [0.717, 1.165) is 43.5 Å². The lowest BCUT2D eigenvalue weighted by Gasteiger charge is -2.39. The molecule has 0 N–H and O–H groups in total. The van der Waals surface area contributed by atoms with Crippen molar-refractivity contribution in [2.75, 3.05) is 6.54 Å². The molecule has 0 unspecified atom stereocenters. The number of nitrogens with zero attached hydrogens (tertiary/aromatic N) is 1. The first-order valence-electron chi connectivity index (χ1n) is 10.4. The van der Waals surface area contributed by atoms with Crippen LogP contribution in [-0.2, 0) is 19.6 Å². The maximum absolute atomic E-state index is 2.36. The first-order chi connectivity index (χ1) is 13.8. The highest BCUT2D eigenvalue weighted by Gasteiger charge is 2.28. The van der Waals surface area contributed by atoms with Gasteiger partial charge in [0.1, 0.15) is 19.6 Å². The van der Waals surface area contributed by atoms with Crippen LogP contribution in [0.15, 0.2) is 103 Å². The quantitative estimate of drug-likeness (QED) is 0.273. The number of benzene rings is 3. The number of quaternary nitrogens is 1. The molecule has 0 aliphatic heterocycles. The van der Waals surface area contributed by atoms with Crippen molar-refractivity contribution in [3.05, 3.63) is 120 Å². The third-order valence-electron chi connectivity index (χ3n) is 5.25. The molecule has 0 bridgehead atoms. The van der Waals surface area contributed by atoms with E-state index < -0.39 is 0 Å². The van der Waals surface area contributed by atoms with Crippen molar-refractivity contribution in [3.63, 3.8) is 0 Å². The third-order valence-corrected chi connectivity index (χ3v) is 5.25. The molecule has 0 spiro atoms. The zero-order valence-corrected chi connectivity index (χ0v) is 17.0. The molecule has 144 valence electrons. The van der Waals surface area contributed by atoms with Gasteiger partial charge in [-0.1, -0.05) is 110 Å². The lowest BCUT2D eigenvalue weighted by atomic mass is 10.1. The van der Waals surface area contributed by atoms with Gasteiger partial charge in [-0.3, -0.25) is 0 Å². The Hall–Kier alpha value is -2.64. The van der Waals surface area contributed by atoms with E-state index in [1.807, 2.05) is 0 Å². The van der Waals surface area contributed by atoms with Crippen LogP contribution in [0.25, 0.3) is 0 Å². The zero-order chi connectivity index (χ0) is 19.5. The summed E-state index contributed by atoms with van der Waals surface area (Å²) in [5, 5.41) is 0. The summed E-state index contributed by atoms with van der Waals surface area (Å²) in [5.41, 5.74) is 4.23. The Morgan fingerprint density at radius 2 is 0.964 bits per heavy atom. The molecule has 0 aliphatic rings. The lowest BCUT2D eigenvalue weighted by molar-refractivity contribution is -0.965. The molecule has 0 heterocycles. The van der Waals surface area contributed by atoms with Gasteiger partial charge in [-0.2, -0.15) is 0 Å². The van der Waals surface area contributed by atoms with Crippen LogP contribution in [0.3, 0.4) is 0 Å². The van der Waals surface area contributed by atoms with Gasteiger partial charge < -0.3 is 4.48 Å². The molecular weight excluding hydrogens is 338 g/mol. The Bertz CT molecular complexity index is 720. The average Bonchev–Trinajstić information content (AvgIpc) is 2.73.